The molecule has 2 aromatic carbocycles. The number of esters is 1. The monoisotopic (exact) mass is 676 g/mol. The van der Waals surface area contributed by atoms with Gasteiger partial charge in [-0.2, -0.15) is 0 Å². The van der Waals surface area contributed by atoms with Gasteiger partial charge in [0, 0.05) is 25.7 Å². The molecule has 0 unspecified atom stereocenters. The summed E-state index contributed by atoms with van der Waals surface area (Å²) in [7, 11) is 3.27. The van der Waals surface area contributed by atoms with Gasteiger partial charge < -0.3 is 24.8 Å². The summed E-state index contributed by atoms with van der Waals surface area (Å²) in [5, 5.41) is 0. The molecule has 0 atom stereocenters. The molecule has 0 aromatic heterocycles. The molecule has 2 N–H and O–H groups in total. The summed E-state index contributed by atoms with van der Waals surface area (Å²) in [5.41, 5.74) is 5.40. The van der Waals surface area contributed by atoms with Crippen molar-refractivity contribution in [2.24, 2.45) is 5.73 Å². The highest BCUT2D eigenvalue weighted by molar-refractivity contribution is 5.90. The first kappa shape index (κ1) is 44.6. The third kappa shape index (κ3) is 24.5. The maximum Gasteiger partial charge on any atom is 0.336 e. The smallest absolute Gasteiger partial charge is 0.336 e. The Morgan fingerprint density at radius 3 is 1.63 bits per heavy atom. The first-order valence-corrected chi connectivity index (χ1v) is 17.7. The number of allylic oxidation sites excluding steroid dienone is 1. The van der Waals surface area contributed by atoms with Crippen molar-refractivity contribution < 1.29 is 28.6 Å². The van der Waals surface area contributed by atoms with E-state index in [1.54, 1.807) is 30.2 Å². The highest BCUT2D eigenvalue weighted by Crippen LogP contribution is 2.19. The maximum absolute atomic E-state index is 12.2. The van der Waals surface area contributed by atoms with Crippen molar-refractivity contribution in [3.05, 3.63) is 72.3 Å². The number of benzene rings is 2. The van der Waals surface area contributed by atoms with Crippen molar-refractivity contribution >= 4 is 24.2 Å². The van der Waals surface area contributed by atoms with Crippen LogP contribution in [0.1, 0.15) is 102 Å². The number of unbranched alkanes of at least 4 members (excludes halogenated alkanes) is 12. The molecular weight excluding hydrogens is 616 g/mol. The van der Waals surface area contributed by atoms with E-state index < -0.39 is 5.97 Å². The molecular formula is C41H60N2O6. The zero-order valence-electron chi connectivity index (χ0n) is 30.2. The Kier molecular flexibility index (Phi) is 29.4. The van der Waals surface area contributed by atoms with Crippen LogP contribution in [0, 0.1) is 12.8 Å². The lowest BCUT2D eigenvalue weighted by Crippen LogP contribution is -2.25. The Bertz CT molecular complexity index is 1190. The van der Waals surface area contributed by atoms with E-state index in [1.165, 1.54) is 83.1 Å². The minimum atomic E-state index is -0.429. The second-order valence-electron chi connectivity index (χ2n) is 11.3. The van der Waals surface area contributed by atoms with Crippen molar-refractivity contribution in [2.75, 3.05) is 33.9 Å². The van der Waals surface area contributed by atoms with Gasteiger partial charge in [-0.3, -0.25) is 9.59 Å². The van der Waals surface area contributed by atoms with Gasteiger partial charge in [0.1, 0.15) is 23.5 Å². The van der Waals surface area contributed by atoms with Gasteiger partial charge in [0.15, 0.2) is 0 Å². The molecule has 1 amide bonds. The number of carbonyl (C=O) groups is 3. The third-order valence-electron chi connectivity index (χ3n) is 7.45. The Morgan fingerprint density at radius 1 is 0.673 bits per heavy atom. The van der Waals surface area contributed by atoms with E-state index in [1.807, 2.05) is 36.4 Å². The average molecular weight is 677 g/mol. The number of aldehydes is 1. The molecule has 0 spiro atoms. The SMILES string of the molecule is C#C.CCCCCCCOc1ccc(OC(=O)/C=C/c2ccc(OCCCCCCCCCCCN(C)C(=O)/C=C\C=O)cc2)cc1.CN. The maximum atomic E-state index is 12.2. The van der Waals surface area contributed by atoms with Crippen LogP contribution in [0.25, 0.3) is 6.08 Å². The first-order chi connectivity index (χ1) is 24.0. The predicted octanol–water partition coefficient (Wildman–Crippen LogP) is 8.58. The van der Waals surface area contributed by atoms with E-state index in [0.29, 0.717) is 25.2 Å². The minimum absolute atomic E-state index is 0.123. The zero-order valence-corrected chi connectivity index (χ0v) is 30.2. The summed E-state index contributed by atoms with van der Waals surface area (Å²) in [6.45, 7) is 4.33. The number of likely N-dealkylation sites (N-methyl/N-ethyl adjacent to an activating group) is 1. The van der Waals surface area contributed by atoms with E-state index in [9.17, 15) is 14.4 Å². The first-order valence-electron chi connectivity index (χ1n) is 17.7. The van der Waals surface area contributed by atoms with Crippen LogP contribution in [0.2, 0.25) is 0 Å². The van der Waals surface area contributed by atoms with Crippen molar-refractivity contribution in [1.29, 1.82) is 0 Å². The topological polar surface area (TPSA) is 108 Å². The summed E-state index contributed by atoms with van der Waals surface area (Å²) >= 11 is 0. The lowest BCUT2D eigenvalue weighted by molar-refractivity contribution is -0.129. The largest absolute Gasteiger partial charge is 0.494 e. The lowest BCUT2D eigenvalue weighted by atomic mass is 10.1. The molecule has 0 aliphatic rings. The van der Waals surface area contributed by atoms with Gasteiger partial charge in [0.05, 0.1) is 13.2 Å². The lowest BCUT2D eigenvalue weighted by Gasteiger charge is -2.14. The van der Waals surface area contributed by atoms with Gasteiger partial charge in [-0.15, -0.1) is 12.8 Å². The Labute approximate surface area is 296 Å². The molecule has 270 valence electrons. The molecule has 0 radical (unpaired) electrons. The van der Waals surface area contributed by atoms with Gasteiger partial charge in [-0.05, 0) is 80.4 Å². The number of ether oxygens (including phenoxy) is 3. The molecule has 0 fully saturated rings. The van der Waals surface area contributed by atoms with Crippen LogP contribution >= 0.6 is 0 Å². The molecule has 0 aliphatic heterocycles. The van der Waals surface area contributed by atoms with Crippen molar-refractivity contribution in [1.82, 2.24) is 4.90 Å². The van der Waals surface area contributed by atoms with Gasteiger partial charge in [0.25, 0.3) is 0 Å². The number of hydrogen-bond donors (Lipinski definition) is 1. The van der Waals surface area contributed by atoms with Crippen molar-refractivity contribution in [2.45, 2.75) is 96.8 Å². The molecule has 0 bridgehead atoms. The van der Waals surface area contributed by atoms with E-state index in [0.717, 1.165) is 55.7 Å². The quantitative estimate of drug-likeness (QED) is 0.0280. The molecule has 0 saturated carbocycles. The highest BCUT2D eigenvalue weighted by atomic mass is 16.5. The summed E-state index contributed by atoms with van der Waals surface area (Å²) in [6.07, 6.45) is 30.7. The van der Waals surface area contributed by atoms with Crippen molar-refractivity contribution in [3.8, 4) is 30.1 Å². The third-order valence-corrected chi connectivity index (χ3v) is 7.45. The van der Waals surface area contributed by atoms with Crippen LogP contribution in [0.15, 0.2) is 66.8 Å². The molecule has 8 heteroatoms. The molecule has 0 aliphatic carbocycles. The number of nitrogens with two attached hydrogens (primary N) is 1. The van der Waals surface area contributed by atoms with E-state index in [2.05, 4.69) is 25.5 Å². The van der Waals surface area contributed by atoms with Gasteiger partial charge in [0.2, 0.25) is 5.91 Å². The Balaban J connectivity index is 0.00000554. The number of nitrogens with zero attached hydrogens (tertiary/aromatic N) is 1. The van der Waals surface area contributed by atoms with E-state index in [-0.39, 0.29) is 5.91 Å². The van der Waals surface area contributed by atoms with Gasteiger partial charge in [-0.1, -0.05) is 89.7 Å². The van der Waals surface area contributed by atoms with Gasteiger partial charge in [-0.25, -0.2) is 4.79 Å². The normalized spacial score (nSPS) is 10.4. The van der Waals surface area contributed by atoms with Crippen LogP contribution < -0.4 is 19.9 Å². The molecule has 0 saturated heterocycles. The second kappa shape index (κ2) is 32.2. The molecule has 2 rings (SSSR count). The van der Waals surface area contributed by atoms with Crippen LogP contribution in [0.4, 0.5) is 0 Å². The van der Waals surface area contributed by atoms with Crippen LogP contribution in [0.5, 0.6) is 17.2 Å². The summed E-state index contributed by atoms with van der Waals surface area (Å²) < 4.78 is 17.0. The summed E-state index contributed by atoms with van der Waals surface area (Å²) in [4.78, 5) is 35.9. The fourth-order valence-corrected chi connectivity index (χ4v) is 4.73. The fourth-order valence-electron chi connectivity index (χ4n) is 4.73. The standard InChI is InChI=1S/C38H53NO6.C2H2.CH5N/c1-3-4-5-12-15-31-44-35-24-26-36(27-25-35)45-38(42)28-21-33-19-22-34(23-20-33)43-32-16-13-10-8-6-7-9-11-14-29-39(2)37(41)18-17-30-40;2*1-2/h17-28,30H,3-16,29,31-32H2,1-2H3;1-2H;2H2,1H3/b18-17-,28-21+;;. The molecule has 2 aromatic rings. The zero-order chi connectivity index (χ0) is 36.4. The number of amides is 1. The number of rotatable bonds is 25. The van der Waals surface area contributed by atoms with Crippen LogP contribution in [0.3, 0.4) is 0 Å². The summed E-state index contributed by atoms with van der Waals surface area (Å²) in [6, 6.07) is 14.8. The Hall–Kier alpha value is -4.35. The second-order valence-corrected chi connectivity index (χ2v) is 11.3. The highest BCUT2D eigenvalue weighted by Gasteiger charge is 2.04. The molecule has 8 nitrogen and oxygen atoms in total. The number of terminal acetylenes is 1. The number of carbonyl (C=O) groups excluding carboxylic acids is 3. The Morgan fingerprint density at radius 2 is 1.12 bits per heavy atom. The van der Waals surface area contributed by atoms with E-state index >= 15 is 0 Å². The van der Waals surface area contributed by atoms with Crippen LogP contribution in [-0.4, -0.2) is 56.9 Å². The number of hydrogen-bond acceptors (Lipinski definition) is 7. The minimum Gasteiger partial charge on any atom is -0.494 e. The summed E-state index contributed by atoms with van der Waals surface area (Å²) in [5.74, 6) is 1.54. The fraction of sp³-hybridized carbons (Fsp3) is 0.488. The van der Waals surface area contributed by atoms with Crippen LogP contribution in [-0.2, 0) is 14.4 Å². The average Bonchev–Trinajstić information content (AvgIpc) is 3.14. The molecule has 0 heterocycles. The van der Waals surface area contributed by atoms with E-state index in [4.69, 9.17) is 14.2 Å². The van der Waals surface area contributed by atoms with Gasteiger partial charge >= 0.3 is 5.97 Å². The predicted molar refractivity (Wildman–Crippen MR) is 202 cm³/mol. The van der Waals surface area contributed by atoms with Crippen molar-refractivity contribution in [3.63, 3.8) is 0 Å². The molecule has 49 heavy (non-hydrogen) atoms.